The van der Waals surface area contributed by atoms with E-state index in [1.165, 1.54) is 131 Å². The lowest BCUT2D eigenvalue weighted by molar-refractivity contribution is 0.140. The minimum atomic E-state index is -0.248. The Morgan fingerprint density at radius 2 is 0.607 bits per heavy atom. The van der Waals surface area contributed by atoms with Gasteiger partial charge in [-0.15, -0.1) is 0 Å². The van der Waals surface area contributed by atoms with Gasteiger partial charge in [0.25, 0.3) is 0 Å². The average molecular weight is 1640 g/mol. The fourth-order valence-electron chi connectivity index (χ4n) is 28.6. The topological polar surface area (TPSA) is 162 Å². The molecular weight excluding hydrogens is 1500 g/mol. The van der Waals surface area contributed by atoms with Gasteiger partial charge in [-0.1, -0.05) is 257 Å². The normalized spacial score (nSPS) is 29.8. The van der Waals surface area contributed by atoms with Crippen LogP contribution in [-0.2, 0) is 73.0 Å². The monoisotopic (exact) mass is 1640 g/mol. The Labute approximate surface area is 729 Å². The molecule has 644 valence electrons. The molecule has 0 aromatic heterocycles. The molecule has 12 aliphatic rings. The lowest BCUT2D eigenvalue weighted by Gasteiger charge is -2.51. The van der Waals surface area contributed by atoms with Gasteiger partial charge in [0.15, 0.2) is 0 Å². The standard InChI is InChI=1S/2C32H34O2.2C25H36O2/c2*1-22-26-12-13-28-29-18-25(33)21-31(29,19-23-8-4-2-5-9-23)16-17-32(28,27(26)14-15-30(22)34)20-24-10-6-3-7-11-24;2*1-4-25-13-12-24(11-5-6-17(2)3)16-20(27)15-23(24)22(25)9-7-18-14-19(26)8-10-21(18)25/h2*2-11,14-15,25,33-34H,12-13,16-21H2,1H3;2*8,10,14,17,20,26-27H,4-7,9,11-13,15-16H2,1-3H3/t25-,31+,32+;25-,31+,32-;20-,24-,25+;20-,24-,25-/m1111/s1. The second-order valence-electron chi connectivity index (χ2n) is 41.6. The maximum absolute atomic E-state index is 11.0. The number of aryl methyl sites for hydroxylation is 2. The average Bonchev–Trinajstić information content (AvgIpc) is 1.39. The summed E-state index contributed by atoms with van der Waals surface area (Å²) in [7, 11) is 0. The van der Waals surface area contributed by atoms with Crippen LogP contribution in [0.5, 0.6) is 23.0 Å². The van der Waals surface area contributed by atoms with Crippen molar-refractivity contribution in [2.75, 3.05) is 0 Å². The maximum atomic E-state index is 11.0. The van der Waals surface area contributed by atoms with E-state index in [4.69, 9.17) is 0 Å². The van der Waals surface area contributed by atoms with Crippen LogP contribution in [0.2, 0.25) is 0 Å². The number of hydrogen-bond acceptors (Lipinski definition) is 8. The third-order valence-corrected chi connectivity index (χ3v) is 34.2. The van der Waals surface area contributed by atoms with Gasteiger partial charge in [0, 0.05) is 21.7 Å². The number of aliphatic hydroxyl groups is 4. The summed E-state index contributed by atoms with van der Waals surface area (Å²) >= 11 is 0. The zero-order valence-electron chi connectivity index (χ0n) is 74.8. The molecule has 8 aromatic rings. The molecular formula is C114H140O8. The van der Waals surface area contributed by atoms with E-state index >= 15 is 0 Å². The molecule has 0 aliphatic heterocycles. The summed E-state index contributed by atoms with van der Waals surface area (Å²) in [4.78, 5) is 0. The summed E-state index contributed by atoms with van der Waals surface area (Å²) in [6.07, 6.45) is 37.8. The molecule has 8 heteroatoms. The van der Waals surface area contributed by atoms with Crippen molar-refractivity contribution in [1.82, 2.24) is 0 Å². The highest BCUT2D eigenvalue weighted by molar-refractivity contribution is 5.61. The fourth-order valence-corrected chi connectivity index (χ4v) is 28.6. The van der Waals surface area contributed by atoms with Gasteiger partial charge >= 0.3 is 0 Å². The van der Waals surface area contributed by atoms with Gasteiger partial charge in [-0.05, 0) is 367 Å². The summed E-state index contributed by atoms with van der Waals surface area (Å²) in [5, 5.41) is 84.1. The molecule has 0 unspecified atom stereocenters. The van der Waals surface area contributed by atoms with Crippen LogP contribution in [0.4, 0.5) is 0 Å². The molecule has 12 atom stereocenters. The van der Waals surface area contributed by atoms with Crippen LogP contribution in [0.1, 0.15) is 299 Å². The minimum absolute atomic E-state index is 0.0486. The van der Waals surface area contributed by atoms with E-state index in [-0.39, 0.29) is 67.7 Å². The fraction of sp³-hybridized carbons (Fsp3) is 0.509. The quantitative estimate of drug-likeness (QED) is 0.0394. The minimum Gasteiger partial charge on any atom is -0.508 e. The zero-order valence-corrected chi connectivity index (χ0v) is 74.8. The summed E-state index contributed by atoms with van der Waals surface area (Å²) in [6.45, 7) is 18.1. The molecule has 8 N–H and O–H groups in total. The largest absolute Gasteiger partial charge is 0.508 e. The van der Waals surface area contributed by atoms with Crippen molar-refractivity contribution < 1.29 is 40.9 Å². The number of phenols is 4. The van der Waals surface area contributed by atoms with E-state index in [1.54, 1.807) is 44.6 Å². The first kappa shape index (κ1) is 85.9. The van der Waals surface area contributed by atoms with E-state index < -0.39 is 0 Å². The summed E-state index contributed by atoms with van der Waals surface area (Å²) in [5.74, 6) is 3.13. The lowest BCUT2D eigenvalue weighted by Crippen LogP contribution is -2.43. The first-order valence-corrected chi connectivity index (χ1v) is 47.9. The van der Waals surface area contributed by atoms with E-state index in [1.807, 2.05) is 36.4 Å². The molecule has 0 saturated heterocycles. The van der Waals surface area contributed by atoms with Gasteiger partial charge in [-0.3, -0.25) is 0 Å². The van der Waals surface area contributed by atoms with Crippen molar-refractivity contribution >= 4 is 0 Å². The molecule has 0 bridgehead atoms. The van der Waals surface area contributed by atoms with Gasteiger partial charge in [-0.25, -0.2) is 0 Å². The van der Waals surface area contributed by atoms with Crippen LogP contribution < -0.4 is 0 Å². The maximum Gasteiger partial charge on any atom is 0.118 e. The van der Waals surface area contributed by atoms with Gasteiger partial charge < -0.3 is 40.9 Å². The first-order valence-electron chi connectivity index (χ1n) is 47.9. The molecule has 8 aromatic carbocycles. The highest BCUT2D eigenvalue weighted by atomic mass is 16.3. The molecule has 0 amide bonds. The van der Waals surface area contributed by atoms with Crippen molar-refractivity contribution in [3.63, 3.8) is 0 Å². The second kappa shape index (κ2) is 34.6. The first-order chi connectivity index (χ1) is 58.8. The lowest BCUT2D eigenvalue weighted by atomic mass is 9.52. The molecule has 0 spiro atoms. The number of fused-ring (bicyclic) bond motifs is 16. The van der Waals surface area contributed by atoms with Crippen molar-refractivity contribution in [2.24, 2.45) is 33.5 Å². The predicted molar refractivity (Wildman–Crippen MR) is 496 cm³/mol. The van der Waals surface area contributed by atoms with Crippen LogP contribution in [0.25, 0.3) is 0 Å². The number of benzene rings is 8. The molecule has 4 saturated carbocycles. The van der Waals surface area contributed by atoms with E-state index in [2.05, 4.69) is 201 Å². The van der Waals surface area contributed by atoms with Crippen molar-refractivity contribution in [2.45, 2.75) is 333 Å². The molecule has 0 heterocycles. The summed E-state index contributed by atoms with van der Waals surface area (Å²) in [5.41, 5.74) is 32.4. The molecule has 122 heavy (non-hydrogen) atoms. The number of phenolic OH excluding ortho intramolecular Hbond substituents is 4. The van der Waals surface area contributed by atoms with Crippen molar-refractivity contribution in [3.05, 3.63) is 304 Å². The summed E-state index contributed by atoms with van der Waals surface area (Å²) < 4.78 is 0. The van der Waals surface area contributed by atoms with E-state index in [9.17, 15) is 40.9 Å². The number of hydrogen-bond donors (Lipinski definition) is 8. The SMILES string of the molecule is CC[C@@]12CC[C@]3(CCCC(C)C)C[C@H](O)CC3=C1CCc1cc(O)ccc12.CC[C@]12CC[C@]3(CCCC(C)C)C[C@H](O)CC3=C1CCc1cc(O)ccc12.Cc1c(O)ccc2c1CCC1=C3C[C@@H](O)C[C@@]3(Cc3ccccc3)CC[C@@]12Cc1ccccc1.Cc1c(O)ccc2c1CCC1=C3C[C@@H](O)C[C@@]3(Cc3ccccc3)CC[C@]12Cc1ccccc1. The Kier molecular flexibility index (Phi) is 24.4. The molecule has 4 fully saturated rings. The van der Waals surface area contributed by atoms with Gasteiger partial charge in [0.1, 0.15) is 23.0 Å². The highest BCUT2D eigenvalue weighted by Crippen LogP contribution is 2.68. The third kappa shape index (κ3) is 15.7. The van der Waals surface area contributed by atoms with E-state index in [0.717, 1.165) is 190 Å². The van der Waals surface area contributed by atoms with Gasteiger partial charge in [0.05, 0.1) is 24.4 Å². The second-order valence-corrected chi connectivity index (χ2v) is 41.6. The number of allylic oxidation sites excluding steroid dienone is 4. The van der Waals surface area contributed by atoms with Crippen LogP contribution >= 0.6 is 0 Å². The number of rotatable bonds is 18. The van der Waals surface area contributed by atoms with Gasteiger partial charge in [-0.2, -0.15) is 0 Å². The van der Waals surface area contributed by atoms with Crippen LogP contribution in [-0.4, -0.2) is 65.3 Å². The van der Waals surface area contributed by atoms with Crippen LogP contribution in [0.15, 0.2) is 227 Å². The smallest absolute Gasteiger partial charge is 0.118 e. The predicted octanol–water partition coefficient (Wildman–Crippen LogP) is 25.3. The van der Waals surface area contributed by atoms with Crippen molar-refractivity contribution in [1.29, 1.82) is 0 Å². The Bertz CT molecular complexity index is 4930. The van der Waals surface area contributed by atoms with Crippen molar-refractivity contribution in [3.8, 4) is 23.0 Å². The Morgan fingerprint density at radius 1 is 0.311 bits per heavy atom. The molecule has 8 nitrogen and oxygen atoms in total. The Morgan fingerprint density at radius 3 is 0.951 bits per heavy atom. The number of aliphatic hydroxyl groups excluding tert-OH is 4. The highest BCUT2D eigenvalue weighted by Gasteiger charge is 2.59. The van der Waals surface area contributed by atoms with Crippen LogP contribution in [0, 0.1) is 47.3 Å². The Balaban J connectivity index is 0.000000116. The van der Waals surface area contributed by atoms with E-state index in [0.29, 0.717) is 23.0 Å². The molecule has 12 aliphatic carbocycles. The zero-order chi connectivity index (χ0) is 85.1. The Hall–Kier alpha value is -8.24. The number of aromatic hydroxyl groups is 4. The van der Waals surface area contributed by atoms with Crippen LogP contribution in [0.3, 0.4) is 0 Å². The molecule has 20 rings (SSSR count). The third-order valence-electron chi connectivity index (χ3n) is 34.2. The summed E-state index contributed by atoms with van der Waals surface area (Å²) in [6, 6.07) is 63.8. The van der Waals surface area contributed by atoms with Gasteiger partial charge in [0.2, 0.25) is 0 Å². The molecule has 0 radical (unpaired) electrons.